The Hall–Kier alpha value is -2.07. The molecule has 2 aliphatic heterocycles. The van der Waals surface area contributed by atoms with Crippen LogP contribution in [0.2, 0.25) is 5.02 Å². The van der Waals surface area contributed by atoms with Crippen LogP contribution in [-0.4, -0.2) is 81.8 Å². The minimum absolute atomic E-state index is 0.00672. The highest BCUT2D eigenvalue weighted by Crippen LogP contribution is 2.26. The number of hydrogen-bond donors (Lipinski definition) is 0. The second-order valence-corrected chi connectivity index (χ2v) is 9.38. The van der Waals surface area contributed by atoms with Crippen LogP contribution in [0.15, 0.2) is 29.1 Å². The maximum atomic E-state index is 12.9. The molecule has 0 atom stereocenters. The zero-order chi connectivity index (χ0) is 20.0. The van der Waals surface area contributed by atoms with E-state index in [1.54, 1.807) is 17.0 Å². The second kappa shape index (κ2) is 7.64. The van der Waals surface area contributed by atoms with Gasteiger partial charge in [0.15, 0.2) is 5.01 Å². The van der Waals surface area contributed by atoms with Crippen LogP contribution in [0.4, 0.5) is 0 Å². The summed E-state index contributed by atoms with van der Waals surface area (Å²) in [5.74, 6) is -0.0110. The molecule has 3 aromatic rings. The van der Waals surface area contributed by atoms with E-state index < -0.39 is 0 Å². The summed E-state index contributed by atoms with van der Waals surface area (Å²) in [5, 5.41) is 2.92. The molecule has 2 amide bonds. The van der Waals surface area contributed by atoms with Gasteiger partial charge in [0.2, 0.25) is 0 Å². The Kier molecular flexibility index (Phi) is 4.99. The van der Waals surface area contributed by atoms with Crippen molar-refractivity contribution in [2.75, 3.05) is 39.3 Å². The van der Waals surface area contributed by atoms with Crippen LogP contribution in [0.1, 0.15) is 20.3 Å². The summed E-state index contributed by atoms with van der Waals surface area (Å²) in [6, 6.07) is 5.87. The summed E-state index contributed by atoms with van der Waals surface area (Å²) in [6.07, 6.45) is 0. The monoisotopic (exact) mass is 447 g/mol. The van der Waals surface area contributed by atoms with Crippen LogP contribution in [0, 0.1) is 0 Å². The summed E-state index contributed by atoms with van der Waals surface area (Å²) < 4.78 is 0.968. The number of amides is 2. The molecule has 2 aromatic heterocycles. The Balaban J connectivity index is 1.15. The zero-order valence-electron chi connectivity index (χ0n) is 15.5. The quantitative estimate of drug-likeness (QED) is 0.617. The molecular formula is C19H18ClN5O2S2. The third kappa shape index (κ3) is 3.63. The van der Waals surface area contributed by atoms with E-state index in [1.165, 1.54) is 22.7 Å². The van der Waals surface area contributed by atoms with Gasteiger partial charge in [0.25, 0.3) is 11.8 Å². The van der Waals surface area contributed by atoms with Crippen LogP contribution in [0.3, 0.4) is 0 Å². The van der Waals surface area contributed by atoms with E-state index >= 15 is 0 Å². The van der Waals surface area contributed by atoms with Crippen molar-refractivity contribution < 1.29 is 9.59 Å². The van der Waals surface area contributed by atoms with E-state index in [0.29, 0.717) is 34.9 Å². The molecule has 0 aliphatic carbocycles. The molecule has 2 saturated heterocycles. The molecule has 0 bridgehead atoms. The van der Waals surface area contributed by atoms with Gasteiger partial charge in [-0.2, -0.15) is 0 Å². The predicted molar refractivity (Wildman–Crippen MR) is 114 cm³/mol. The molecule has 7 nitrogen and oxygen atoms in total. The Morgan fingerprint density at radius 3 is 2.59 bits per heavy atom. The first kappa shape index (κ1) is 18.9. The third-order valence-electron chi connectivity index (χ3n) is 5.45. The first-order chi connectivity index (χ1) is 14.1. The number of thiazole rings is 2. The molecule has 1 aromatic carbocycles. The van der Waals surface area contributed by atoms with Crippen molar-refractivity contribution in [1.29, 1.82) is 0 Å². The maximum absolute atomic E-state index is 12.9. The molecule has 4 heterocycles. The number of nitrogens with zero attached hydrogens (tertiary/aromatic N) is 5. The zero-order valence-corrected chi connectivity index (χ0v) is 17.8. The van der Waals surface area contributed by atoms with Crippen molar-refractivity contribution in [2.45, 2.75) is 6.04 Å². The summed E-state index contributed by atoms with van der Waals surface area (Å²) >= 11 is 8.86. The van der Waals surface area contributed by atoms with E-state index in [-0.39, 0.29) is 11.8 Å². The predicted octanol–water partition coefficient (Wildman–Crippen LogP) is 2.69. The molecule has 29 heavy (non-hydrogen) atoms. The van der Waals surface area contributed by atoms with Crippen molar-refractivity contribution in [1.82, 2.24) is 24.7 Å². The Morgan fingerprint density at radius 1 is 1.07 bits per heavy atom. The van der Waals surface area contributed by atoms with E-state index in [9.17, 15) is 9.59 Å². The number of likely N-dealkylation sites (tertiary alicyclic amines) is 1. The van der Waals surface area contributed by atoms with Crippen LogP contribution in [0.5, 0.6) is 0 Å². The molecule has 0 N–H and O–H groups in total. The van der Waals surface area contributed by atoms with E-state index in [4.69, 9.17) is 11.6 Å². The molecule has 5 rings (SSSR count). The lowest BCUT2D eigenvalue weighted by atomic mass is 10.1. The summed E-state index contributed by atoms with van der Waals surface area (Å²) in [4.78, 5) is 39.8. The van der Waals surface area contributed by atoms with Crippen LogP contribution in [0.25, 0.3) is 10.2 Å². The number of rotatable bonds is 3. The lowest BCUT2D eigenvalue weighted by Crippen LogP contribution is -2.64. The molecule has 0 unspecified atom stereocenters. The number of carbonyl (C=O) groups excluding carboxylic acids is 2. The Labute approximate surface area is 180 Å². The number of hydrogen-bond acceptors (Lipinski definition) is 7. The number of aromatic nitrogens is 2. The second-order valence-electron chi connectivity index (χ2n) is 7.20. The van der Waals surface area contributed by atoms with Crippen LogP contribution in [-0.2, 0) is 0 Å². The smallest absolute Gasteiger partial charge is 0.282 e. The molecule has 0 spiro atoms. The van der Waals surface area contributed by atoms with Gasteiger partial charge in [-0.25, -0.2) is 9.97 Å². The number of fused-ring (bicyclic) bond motifs is 1. The van der Waals surface area contributed by atoms with Crippen LogP contribution >= 0.6 is 34.3 Å². The minimum atomic E-state index is -0.0177. The van der Waals surface area contributed by atoms with Gasteiger partial charge < -0.3 is 9.80 Å². The summed E-state index contributed by atoms with van der Waals surface area (Å²) in [7, 11) is 0. The van der Waals surface area contributed by atoms with Crippen molar-refractivity contribution in [3.63, 3.8) is 0 Å². The van der Waals surface area contributed by atoms with E-state index in [2.05, 4.69) is 14.9 Å². The Bertz CT molecular complexity index is 1060. The van der Waals surface area contributed by atoms with Gasteiger partial charge in [-0.1, -0.05) is 11.6 Å². The van der Waals surface area contributed by atoms with Crippen molar-refractivity contribution in [3.8, 4) is 0 Å². The molecule has 2 fully saturated rings. The largest absolute Gasteiger partial charge is 0.334 e. The van der Waals surface area contributed by atoms with Gasteiger partial charge in [-0.15, -0.1) is 22.7 Å². The molecule has 2 aliphatic rings. The minimum Gasteiger partial charge on any atom is -0.334 e. The fourth-order valence-corrected chi connectivity index (χ4v) is 5.36. The topological polar surface area (TPSA) is 69.6 Å². The number of piperazine rings is 1. The van der Waals surface area contributed by atoms with Gasteiger partial charge in [-0.3, -0.25) is 14.5 Å². The van der Waals surface area contributed by atoms with E-state index in [1.807, 2.05) is 21.9 Å². The highest BCUT2D eigenvalue weighted by molar-refractivity contribution is 7.20. The molecule has 10 heteroatoms. The number of carbonyl (C=O) groups is 2. The first-order valence-electron chi connectivity index (χ1n) is 9.35. The molecular weight excluding hydrogens is 430 g/mol. The third-order valence-corrected chi connectivity index (χ3v) is 7.30. The van der Waals surface area contributed by atoms with Crippen molar-refractivity contribution in [2.24, 2.45) is 0 Å². The average molecular weight is 448 g/mol. The Morgan fingerprint density at radius 2 is 1.86 bits per heavy atom. The average Bonchev–Trinajstić information content (AvgIpc) is 3.36. The standard InChI is InChI=1S/C19H18ClN5O2S2/c20-12-1-2-16-14(7-12)22-17(29-16)19(27)24-5-3-23(4-6-24)13-8-25(9-13)18(26)15-10-28-11-21-15/h1-2,7,10-11,13H,3-6,8-9H2. The number of benzene rings is 1. The summed E-state index contributed by atoms with van der Waals surface area (Å²) in [6.45, 7) is 4.42. The van der Waals surface area contributed by atoms with Crippen molar-refractivity contribution in [3.05, 3.63) is 44.8 Å². The highest BCUT2D eigenvalue weighted by atomic mass is 35.5. The molecule has 150 valence electrons. The van der Waals surface area contributed by atoms with Gasteiger partial charge in [0.1, 0.15) is 5.69 Å². The lowest BCUT2D eigenvalue weighted by molar-refractivity contribution is 0.00827. The van der Waals surface area contributed by atoms with Crippen LogP contribution < -0.4 is 0 Å². The number of halogens is 1. The summed E-state index contributed by atoms with van der Waals surface area (Å²) in [5.41, 5.74) is 2.98. The SMILES string of the molecule is O=C(c1cscn1)N1CC(N2CCN(C(=O)c3nc4cc(Cl)ccc4s3)CC2)C1. The lowest BCUT2D eigenvalue weighted by Gasteiger charge is -2.47. The van der Waals surface area contributed by atoms with E-state index in [0.717, 1.165) is 36.4 Å². The van der Waals surface area contributed by atoms with Gasteiger partial charge in [-0.05, 0) is 18.2 Å². The van der Waals surface area contributed by atoms with Crippen molar-refractivity contribution >= 4 is 56.3 Å². The maximum Gasteiger partial charge on any atom is 0.282 e. The van der Waals surface area contributed by atoms with Gasteiger partial charge >= 0.3 is 0 Å². The van der Waals surface area contributed by atoms with Gasteiger partial charge in [0, 0.05) is 55.7 Å². The fraction of sp³-hybridized carbons (Fsp3) is 0.368. The van der Waals surface area contributed by atoms with Gasteiger partial charge in [0.05, 0.1) is 15.7 Å². The molecule has 0 radical (unpaired) electrons. The highest BCUT2D eigenvalue weighted by Gasteiger charge is 2.37. The fourth-order valence-electron chi connectivity index (χ4n) is 3.75. The normalized spacial score (nSPS) is 18.2. The first-order valence-corrected chi connectivity index (χ1v) is 11.5. The molecule has 0 saturated carbocycles.